The van der Waals surface area contributed by atoms with E-state index in [9.17, 15) is 0 Å². The molecule has 0 unspecified atom stereocenters. The summed E-state index contributed by atoms with van der Waals surface area (Å²) in [6.07, 6.45) is 0. The van der Waals surface area contributed by atoms with Crippen molar-refractivity contribution in [3.05, 3.63) is 28.9 Å². The van der Waals surface area contributed by atoms with Gasteiger partial charge in [0.1, 0.15) is 5.75 Å². The number of aromatic amines is 1. The van der Waals surface area contributed by atoms with Gasteiger partial charge in [0.05, 0.1) is 12.1 Å². The van der Waals surface area contributed by atoms with E-state index in [0.717, 1.165) is 22.3 Å². The van der Waals surface area contributed by atoms with Gasteiger partial charge in [0.2, 0.25) is 0 Å². The van der Waals surface area contributed by atoms with Gasteiger partial charge in [-0.1, -0.05) is 11.6 Å². The van der Waals surface area contributed by atoms with Crippen LogP contribution in [0.4, 0.5) is 0 Å². The SMILES string of the molecule is COc1ccc2[nH]c(CN)c(Cl)c2c1. The lowest BCUT2D eigenvalue weighted by molar-refractivity contribution is 0.415. The maximum atomic E-state index is 6.12. The summed E-state index contributed by atoms with van der Waals surface area (Å²) in [7, 11) is 1.63. The zero-order chi connectivity index (χ0) is 10.1. The van der Waals surface area contributed by atoms with Gasteiger partial charge in [0.15, 0.2) is 0 Å². The lowest BCUT2D eigenvalue weighted by Crippen LogP contribution is -1.96. The third-order valence-electron chi connectivity index (χ3n) is 2.22. The predicted molar refractivity (Wildman–Crippen MR) is 57.8 cm³/mol. The number of rotatable bonds is 2. The fraction of sp³-hybridized carbons (Fsp3) is 0.200. The number of nitrogens with two attached hydrogens (primary N) is 1. The predicted octanol–water partition coefficient (Wildman–Crippen LogP) is 2.29. The molecule has 0 bridgehead atoms. The van der Waals surface area contributed by atoms with Crippen LogP contribution in [0.3, 0.4) is 0 Å². The Morgan fingerprint density at radius 1 is 1.50 bits per heavy atom. The maximum absolute atomic E-state index is 6.12. The van der Waals surface area contributed by atoms with Crippen LogP contribution in [0.25, 0.3) is 10.9 Å². The van der Waals surface area contributed by atoms with Crippen LogP contribution >= 0.6 is 11.6 Å². The molecule has 2 rings (SSSR count). The molecule has 2 aromatic rings. The summed E-state index contributed by atoms with van der Waals surface area (Å²) >= 11 is 6.12. The number of ether oxygens (including phenoxy) is 1. The Morgan fingerprint density at radius 2 is 2.29 bits per heavy atom. The van der Waals surface area contributed by atoms with Crippen molar-refractivity contribution in [2.45, 2.75) is 6.54 Å². The van der Waals surface area contributed by atoms with Crippen molar-refractivity contribution in [3.63, 3.8) is 0 Å². The number of hydrogen-bond donors (Lipinski definition) is 2. The molecule has 3 N–H and O–H groups in total. The fourth-order valence-electron chi connectivity index (χ4n) is 1.46. The molecule has 74 valence electrons. The number of halogens is 1. The molecule has 0 fully saturated rings. The topological polar surface area (TPSA) is 51.0 Å². The maximum Gasteiger partial charge on any atom is 0.119 e. The zero-order valence-electron chi connectivity index (χ0n) is 7.80. The van der Waals surface area contributed by atoms with Gasteiger partial charge >= 0.3 is 0 Å². The summed E-state index contributed by atoms with van der Waals surface area (Å²) in [5, 5.41) is 1.63. The van der Waals surface area contributed by atoms with E-state index < -0.39 is 0 Å². The van der Waals surface area contributed by atoms with Crippen molar-refractivity contribution in [2.75, 3.05) is 7.11 Å². The second-order valence-corrected chi connectivity index (χ2v) is 3.41. The minimum absolute atomic E-state index is 0.413. The lowest BCUT2D eigenvalue weighted by Gasteiger charge is -1.98. The van der Waals surface area contributed by atoms with Crippen molar-refractivity contribution < 1.29 is 4.74 Å². The number of hydrogen-bond acceptors (Lipinski definition) is 2. The molecule has 14 heavy (non-hydrogen) atoms. The van der Waals surface area contributed by atoms with Crippen LogP contribution < -0.4 is 10.5 Å². The molecule has 0 saturated heterocycles. The van der Waals surface area contributed by atoms with E-state index in [4.69, 9.17) is 22.1 Å². The summed E-state index contributed by atoms with van der Waals surface area (Å²) in [4.78, 5) is 3.15. The molecule has 0 amide bonds. The normalized spacial score (nSPS) is 10.8. The van der Waals surface area contributed by atoms with Crippen molar-refractivity contribution in [3.8, 4) is 5.75 Å². The van der Waals surface area contributed by atoms with Gasteiger partial charge < -0.3 is 15.5 Å². The second kappa shape index (κ2) is 3.52. The first kappa shape index (κ1) is 9.37. The van der Waals surface area contributed by atoms with E-state index in [-0.39, 0.29) is 0 Å². The molecule has 1 aromatic heterocycles. The summed E-state index contributed by atoms with van der Waals surface area (Å²) in [5.74, 6) is 0.793. The van der Waals surface area contributed by atoms with Gasteiger partial charge in [-0.25, -0.2) is 0 Å². The first-order valence-corrected chi connectivity index (χ1v) is 4.68. The largest absolute Gasteiger partial charge is 0.497 e. The van der Waals surface area contributed by atoms with Crippen LogP contribution in [-0.2, 0) is 6.54 Å². The average molecular weight is 211 g/mol. The number of H-pyrrole nitrogens is 1. The Bertz CT molecular complexity index is 464. The highest BCUT2D eigenvalue weighted by Crippen LogP contribution is 2.29. The Kier molecular flexibility index (Phi) is 2.35. The van der Waals surface area contributed by atoms with Crippen molar-refractivity contribution >= 4 is 22.5 Å². The van der Waals surface area contributed by atoms with Crippen LogP contribution in [0, 0.1) is 0 Å². The number of aromatic nitrogens is 1. The van der Waals surface area contributed by atoms with E-state index >= 15 is 0 Å². The number of nitrogens with one attached hydrogen (secondary N) is 1. The van der Waals surface area contributed by atoms with E-state index in [2.05, 4.69) is 4.98 Å². The van der Waals surface area contributed by atoms with Crippen molar-refractivity contribution in [2.24, 2.45) is 5.73 Å². The summed E-state index contributed by atoms with van der Waals surface area (Å²) < 4.78 is 5.12. The minimum Gasteiger partial charge on any atom is -0.497 e. The Morgan fingerprint density at radius 3 is 2.93 bits per heavy atom. The smallest absolute Gasteiger partial charge is 0.119 e. The summed E-state index contributed by atoms with van der Waals surface area (Å²) in [6, 6.07) is 5.71. The van der Waals surface area contributed by atoms with Crippen LogP contribution in [0.15, 0.2) is 18.2 Å². The van der Waals surface area contributed by atoms with E-state index in [1.165, 1.54) is 0 Å². The highest BCUT2D eigenvalue weighted by atomic mass is 35.5. The molecule has 0 atom stereocenters. The molecule has 4 heteroatoms. The summed E-state index contributed by atoms with van der Waals surface area (Å²) in [5.41, 5.74) is 7.38. The molecular weight excluding hydrogens is 200 g/mol. The molecule has 0 aliphatic carbocycles. The van der Waals surface area contributed by atoms with E-state index in [0.29, 0.717) is 11.6 Å². The highest BCUT2D eigenvalue weighted by molar-refractivity contribution is 6.36. The van der Waals surface area contributed by atoms with E-state index in [1.807, 2.05) is 18.2 Å². The summed E-state index contributed by atoms with van der Waals surface area (Å²) in [6.45, 7) is 0.413. The van der Waals surface area contributed by atoms with Gasteiger partial charge in [-0.2, -0.15) is 0 Å². The highest BCUT2D eigenvalue weighted by Gasteiger charge is 2.08. The van der Waals surface area contributed by atoms with Crippen LogP contribution in [-0.4, -0.2) is 12.1 Å². The molecule has 0 saturated carbocycles. The Balaban J connectivity index is 2.68. The monoisotopic (exact) mass is 210 g/mol. The molecule has 0 spiro atoms. The van der Waals surface area contributed by atoms with Crippen molar-refractivity contribution in [1.29, 1.82) is 0 Å². The third-order valence-corrected chi connectivity index (χ3v) is 2.65. The molecular formula is C10H11ClN2O. The molecule has 1 heterocycles. The Labute approximate surface area is 86.8 Å². The molecule has 0 radical (unpaired) electrons. The van der Waals surface area contributed by atoms with Gasteiger partial charge in [-0.15, -0.1) is 0 Å². The molecule has 0 aliphatic rings. The van der Waals surface area contributed by atoms with Gasteiger partial charge in [-0.3, -0.25) is 0 Å². The first-order valence-electron chi connectivity index (χ1n) is 4.30. The second-order valence-electron chi connectivity index (χ2n) is 3.03. The van der Waals surface area contributed by atoms with Crippen LogP contribution in [0.2, 0.25) is 5.02 Å². The molecule has 1 aromatic carbocycles. The zero-order valence-corrected chi connectivity index (χ0v) is 8.56. The number of fused-ring (bicyclic) bond motifs is 1. The quantitative estimate of drug-likeness (QED) is 0.799. The standard InChI is InChI=1S/C10H11ClN2O/c1-14-6-2-3-8-7(4-6)10(11)9(5-12)13-8/h2-4,13H,5,12H2,1H3. The van der Waals surface area contributed by atoms with Crippen molar-refractivity contribution in [1.82, 2.24) is 4.98 Å². The molecule has 0 aliphatic heterocycles. The first-order chi connectivity index (χ1) is 6.76. The minimum atomic E-state index is 0.413. The van der Waals surface area contributed by atoms with Crippen LogP contribution in [0.5, 0.6) is 5.75 Å². The van der Waals surface area contributed by atoms with Gasteiger partial charge in [0, 0.05) is 23.1 Å². The fourth-order valence-corrected chi connectivity index (χ4v) is 1.74. The van der Waals surface area contributed by atoms with E-state index in [1.54, 1.807) is 7.11 Å². The third kappa shape index (κ3) is 1.35. The Hall–Kier alpha value is -1.19. The molecule has 3 nitrogen and oxygen atoms in total. The van der Waals surface area contributed by atoms with Gasteiger partial charge in [0.25, 0.3) is 0 Å². The number of benzene rings is 1. The lowest BCUT2D eigenvalue weighted by atomic mass is 10.2. The van der Waals surface area contributed by atoms with Crippen LogP contribution in [0.1, 0.15) is 5.69 Å². The van der Waals surface area contributed by atoms with Gasteiger partial charge in [-0.05, 0) is 18.2 Å². The number of methoxy groups -OCH3 is 1. The average Bonchev–Trinajstić information content (AvgIpc) is 2.55.